The van der Waals surface area contributed by atoms with Crippen molar-refractivity contribution in [2.24, 2.45) is 0 Å². The van der Waals surface area contributed by atoms with Gasteiger partial charge in [0.1, 0.15) is 11.5 Å². The van der Waals surface area contributed by atoms with Gasteiger partial charge in [-0.2, -0.15) is 0 Å². The maximum atomic E-state index is 13.1. The molecule has 0 saturated carbocycles. The van der Waals surface area contributed by atoms with E-state index in [1.54, 1.807) is 67.0 Å². The van der Waals surface area contributed by atoms with Crippen molar-refractivity contribution < 1.29 is 19.4 Å². The fraction of sp³-hybridized carbons (Fsp3) is 0.125. The predicted molar refractivity (Wildman–Crippen MR) is 117 cm³/mol. The van der Waals surface area contributed by atoms with E-state index in [1.165, 1.54) is 12.0 Å². The lowest BCUT2D eigenvalue weighted by Gasteiger charge is -2.26. The molecule has 1 aliphatic heterocycles. The number of ketones is 1. The molecule has 3 aromatic rings. The highest BCUT2D eigenvalue weighted by Gasteiger charge is 2.47. The van der Waals surface area contributed by atoms with Crippen molar-refractivity contribution in [2.45, 2.75) is 12.6 Å². The summed E-state index contributed by atoms with van der Waals surface area (Å²) < 4.78 is 5.49. The van der Waals surface area contributed by atoms with E-state index in [2.05, 4.69) is 4.98 Å². The summed E-state index contributed by atoms with van der Waals surface area (Å²) in [4.78, 5) is 31.6. The summed E-state index contributed by atoms with van der Waals surface area (Å²) in [6.07, 6.45) is 3.27. The highest BCUT2D eigenvalue weighted by atomic mass is 35.5. The molecule has 2 heterocycles. The van der Waals surface area contributed by atoms with Crippen LogP contribution in [-0.4, -0.2) is 33.8 Å². The number of pyridine rings is 1. The van der Waals surface area contributed by atoms with Gasteiger partial charge in [0.2, 0.25) is 0 Å². The lowest BCUT2D eigenvalue weighted by Crippen LogP contribution is -2.29. The molecule has 1 atom stereocenters. The molecule has 2 aromatic carbocycles. The Hall–Kier alpha value is -3.64. The van der Waals surface area contributed by atoms with Crippen LogP contribution in [0.15, 0.2) is 78.6 Å². The zero-order valence-electron chi connectivity index (χ0n) is 16.7. The van der Waals surface area contributed by atoms with Gasteiger partial charge >= 0.3 is 0 Å². The number of benzene rings is 2. The van der Waals surface area contributed by atoms with Gasteiger partial charge in [-0.15, -0.1) is 0 Å². The van der Waals surface area contributed by atoms with Crippen LogP contribution in [0, 0.1) is 0 Å². The Morgan fingerprint density at radius 1 is 1.10 bits per heavy atom. The summed E-state index contributed by atoms with van der Waals surface area (Å²) in [7, 11) is 1.52. The molecule has 1 saturated heterocycles. The molecule has 4 rings (SSSR count). The molecule has 0 bridgehead atoms. The smallest absolute Gasteiger partial charge is 0.295 e. The maximum Gasteiger partial charge on any atom is 0.295 e. The van der Waals surface area contributed by atoms with Crippen LogP contribution in [0.3, 0.4) is 0 Å². The summed E-state index contributed by atoms with van der Waals surface area (Å²) in [5.41, 5.74) is 1.75. The quantitative estimate of drug-likeness (QED) is 0.366. The molecule has 0 aliphatic carbocycles. The van der Waals surface area contributed by atoms with Crippen molar-refractivity contribution in [3.63, 3.8) is 0 Å². The Bertz CT molecular complexity index is 1160. The second-order valence-electron chi connectivity index (χ2n) is 7.04. The number of rotatable bonds is 5. The number of likely N-dealkylation sites (tertiary alicyclic amines) is 1. The zero-order chi connectivity index (χ0) is 22.0. The number of aliphatic hydroxyl groups is 1. The zero-order valence-corrected chi connectivity index (χ0v) is 17.4. The van der Waals surface area contributed by atoms with Gasteiger partial charge in [0.25, 0.3) is 11.7 Å². The van der Waals surface area contributed by atoms with Crippen molar-refractivity contribution in [1.29, 1.82) is 0 Å². The topological polar surface area (TPSA) is 79.7 Å². The minimum absolute atomic E-state index is 0.000660. The SMILES string of the molecule is COc1ccccc1[C@H]1/C(=C(\O)c2ccc(Cl)cc2)C(=O)C(=O)N1Cc1cccnc1. The number of ether oxygens (including phenoxy) is 1. The molecule has 1 fully saturated rings. The van der Waals surface area contributed by atoms with Crippen LogP contribution in [0.5, 0.6) is 5.75 Å². The lowest BCUT2D eigenvalue weighted by molar-refractivity contribution is -0.140. The molecule has 0 unspecified atom stereocenters. The Morgan fingerprint density at radius 3 is 2.52 bits per heavy atom. The number of amides is 1. The first kappa shape index (κ1) is 20.6. The van der Waals surface area contributed by atoms with Gasteiger partial charge in [-0.25, -0.2) is 0 Å². The number of aliphatic hydroxyl groups excluding tert-OH is 1. The van der Waals surface area contributed by atoms with Crippen LogP contribution < -0.4 is 4.74 Å². The molecule has 1 N–H and O–H groups in total. The van der Waals surface area contributed by atoms with Gasteiger partial charge in [0, 0.05) is 35.1 Å². The van der Waals surface area contributed by atoms with Gasteiger partial charge in [-0.1, -0.05) is 35.9 Å². The molecule has 1 amide bonds. The minimum Gasteiger partial charge on any atom is -0.507 e. The van der Waals surface area contributed by atoms with E-state index in [0.29, 0.717) is 21.9 Å². The van der Waals surface area contributed by atoms with Crippen molar-refractivity contribution in [2.75, 3.05) is 7.11 Å². The number of nitrogens with zero attached hydrogens (tertiary/aromatic N) is 2. The lowest BCUT2D eigenvalue weighted by atomic mass is 9.94. The van der Waals surface area contributed by atoms with Crippen LogP contribution in [-0.2, 0) is 16.1 Å². The summed E-state index contributed by atoms with van der Waals surface area (Å²) in [6, 6.07) is 16.3. The molecular formula is C24H19ClN2O4. The highest BCUT2D eigenvalue weighted by molar-refractivity contribution is 6.46. The van der Waals surface area contributed by atoms with Gasteiger partial charge in [0.15, 0.2) is 0 Å². The third kappa shape index (κ3) is 3.90. The predicted octanol–water partition coefficient (Wildman–Crippen LogP) is 4.37. The Morgan fingerprint density at radius 2 is 1.84 bits per heavy atom. The Balaban J connectivity index is 1.90. The molecule has 31 heavy (non-hydrogen) atoms. The van der Waals surface area contributed by atoms with E-state index in [9.17, 15) is 14.7 Å². The average Bonchev–Trinajstić information content (AvgIpc) is 3.04. The fourth-order valence-corrected chi connectivity index (χ4v) is 3.84. The number of para-hydroxylation sites is 1. The minimum atomic E-state index is -0.827. The number of carbonyl (C=O) groups excluding carboxylic acids is 2. The molecule has 156 valence electrons. The van der Waals surface area contributed by atoms with E-state index in [4.69, 9.17) is 16.3 Å². The normalized spacial score (nSPS) is 17.7. The van der Waals surface area contributed by atoms with Crippen molar-refractivity contribution in [3.8, 4) is 5.75 Å². The number of Topliss-reactive ketones (excluding diaryl/α,β-unsaturated/α-hetero) is 1. The Kier molecular flexibility index (Phi) is 5.73. The van der Waals surface area contributed by atoms with E-state index in [-0.39, 0.29) is 17.9 Å². The molecule has 7 heteroatoms. The summed E-state index contributed by atoms with van der Waals surface area (Å²) in [5.74, 6) is -1.21. The van der Waals surface area contributed by atoms with Gasteiger partial charge in [-0.05, 0) is 42.0 Å². The number of halogens is 1. The third-order valence-corrected chi connectivity index (χ3v) is 5.42. The highest BCUT2D eigenvalue weighted by Crippen LogP contribution is 2.43. The molecule has 6 nitrogen and oxygen atoms in total. The van der Waals surface area contributed by atoms with E-state index >= 15 is 0 Å². The van der Waals surface area contributed by atoms with Crippen LogP contribution >= 0.6 is 11.6 Å². The van der Waals surface area contributed by atoms with Crippen LogP contribution in [0.4, 0.5) is 0 Å². The van der Waals surface area contributed by atoms with Crippen LogP contribution in [0.1, 0.15) is 22.7 Å². The Labute approximate surface area is 184 Å². The van der Waals surface area contributed by atoms with Crippen molar-refractivity contribution >= 4 is 29.1 Å². The van der Waals surface area contributed by atoms with Gasteiger partial charge in [0.05, 0.1) is 18.7 Å². The van der Waals surface area contributed by atoms with Gasteiger partial charge in [-0.3, -0.25) is 14.6 Å². The monoisotopic (exact) mass is 434 g/mol. The number of carbonyl (C=O) groups is 2. The first-order valence-electron chi connectivity index (χ1n) is 9.57. The molecule has 0 spiro atoms. The van der Waals surface area contributed by atoms with E-state index < -0.39 is 17.7 Å². The summed E-state index contributed by atoms with van der Waals surface area (Å²) in [5, 5.41) is 11.6. The molecular weight excluding hydrogens is 416 g/mol. The van der Waals surface area contributed by atoms with Gasteiger partial charge < -0.3 is 14.7 Å². The molecule has 1 aliphatic rings. The molecule has 1 aromatic heterocycles. The third-order valence-electron chi connectivity index (χ3n) is 5.17. The number of hydrogen-bond acceptors (Lipinski definition) is 5. The largest absolute Gasteiger partial charge is 0.507 e. The second-order valence-corrected chi connectivity index (χ2v) is 7.47. The van der Waals surface area contributed by atoms with Crippen LogP contribution in [0.25, 0.3) is 5.76 Å². The summed E-state index contributed by atoms with van der Waals surface area (Å²) >= 11 is 5.96. The average molecular weight is 435 g/mol. The second kappa shape index (κ2) is 8.62. The van der Waals surface area contributed by atoms with E-state index in [0.717, 1.165) is 5.56 Å². The standard InChI is InChI=1S/C24H19ClN2O4/c1-31-19-7-3-2-6-18(19)21-20(22(28)16-8-10-17(25)11-9-16)23(29)24(30)27(21)14-15-5-4-12-26-13-15/h2-13,21,28H,14H2,1H3/b22-20+/t21-/m0/s1. The number of hydrogen-bond donors (Lipinski definition) is 1. The first-order chi connectivity index (χ1) is 15.0. The van der Waals surface area contributed by atoms with Crippen LogP contribution in [0.2, 0.25) is 5.02 Å². The maximum absolute atomic E-state index is 13.1. The molecule has 0 radical (unpaired) electrons. The van der Waals surface area contributed by atoms with Crippen molar-refractivity contribution in [1.82, 2.24) is 9.88 Å². The van der Waals surface area contributed by atoms with Crippen molar-refractivity contribution in [3.05, 3.63) is 100 Å². The fourth-order valence-electron chi connectivity index (χ4n) is 3.71. The first-order valence-corrected chi connectivity index (χ1v) is 9.95. The number of methoxy groups -OCH3 is 1. The summed E-state index contributed by atoms with van der Waals surface area (Å²) in [6.45, 7) is 0.151. The number of aromatic nitrogens is 1. The van der Waals surface area contributed by atoms with E-state index in [1.807, 2.05) is 6.07 Å².